The van der Waals surface area contributed by atoms with Crippen LogP contribution in [0.3, 0.4) is 0 Å². The number of hydrogen-bond donors (Lipinski definition) is 1. The third-order valence-electron chi connectivity index (χ3n) is 4.62. The molecule has 0 aliphatic carbocycles. The Bertz CT molecular complexity index is 916. The number of carbonyl (C=O) groups excluding carboxylic acids is 1. The van der Waals surface area contributed by atoms with E-state index in [9.17, 15) is 13.2 Å². The zero-order chi connectivity index (χ0) is 19.4. The standard InChI is InChI=1S/C19H24N4O3S/c1-3-23(16-9-10-27(25,26)13-16)18(24)17-11-14(2)21-19(22-17)20-12-15-7-5-4-6-8-15/h4-8,11,16H,3,9-10,12-13H2,1-2H3,(H,20,21,22). The van der Waals surface area contributed by atoms with Gasteiger partial charge >= 0.3 is 0 Å². The molecule has 144 valence electrons. The number of nitrogens with one attached hydrogen (secondary N) is 1. The first-order valence-corrected chi connectivity index (χ1v) is 10.8. The summed E-state index contributed by atoms with van der Waals surface area (Å²) in [4.78, 5) is 23.3. The maximum Gasteiger partial charge on any atom is 0.272 e. The van der Waals surface area contributed by atoms with Gasteiger partial charge in [-0.05, 0) is 31.9 Å². The molecule has 2 heterocycles. The summed E-state index contributed by atoms with van der Waals surface area (Å²) in [6.45, 7) is 4.65. The maximum absolute atomic E-state index is 13.0. The van der Waals surface area contributed by atoms with Crippen LogP contribution in [0.4, 0.5) is 5.95 Å². The van der Waals surface area contributed by atoms with Crippen LogP contribution in [-0.2, 0) is 16.4 Å². The molecule has 1 aliphatic rings. The monoisotopic (exact) mass is 388 g/mol. The van der Waals surface area contributed by atoms with Crippen LogP contribution < -0.4 is 5.32 Å². The van der Waals surface area contributed by atoms with E-state index in [1.54, 1.807) is 11.0 Å². The van der Waals surface area contributed by atoms with E-state index in [0.29, 0.717) is 31.2 Å². The number of aromatic nitrogens is 2. The van der Waals surface area contributed by atoms with Crippen molar-refractivity contribution in [3.05, 3.63) is 53.3 Å². The molecule has 2 aromatic rings. The smallest absolute Gasteiger partial charge is 0.272 e. The fourth-order valence-electron chi connectivity index (χ4n) is 3.27. The normalized spacial score (nSPS) is 18.2. The van der Waals surface area contributed by atoms with Crippen molar-refractivity contribution in [3.8, 4) is 0 Å². The molecule has 1 atom stereocenters. The van der Waals surface area contributed by atoms with Crippen LogP contribution in [0.2, 0.25) is 0 Å². The number of rotatable bonds is 6. The van der Waals surface area contributed by atoms with E-state index >= 15 is 0 Å². The van der Waals surface area contributed by atoms with Gasteiger partial charge in [-0.15, -0.1) is 0 Å². The topological polar surface area (TPSA) is 92.3 Å². The van der Waals surface area contributed by atoms with Crippen molar-refractivity contribution in [2.24, 2.45) is 0 Å². The number of anilines is 1. The Morgan fingerprint density at radius 2 is 2.00 bits per heavy atom. The van der Waals surface area contributed by atoms with Gasteiger partial charge in [0.1, 0.15) is 5.69 Å². The number of carbonyl (C=O) groups is 1. The number of benzene rings is 1. The average Bonchev–Trinajstić information content (AvgIpc) is 3.00. The van der Waals surface area contributed by atoms with Crippen molar-refractivity contribution in [2.75, 3.05) is 23.4 Å². The van der Waals surface area contributed by atoms with Crippen molar-refractivity contribution < 1.29 is 13.2 Å². The van der Waals surface area contributed by atoms with Crippen LogP contribution in [0.25, 0.3) is 0 Å². The first-order chi connectivity index (χ1) is 12.9. The number of sulfone groups is 1. The molecule has 1 aromatic heterocycles. The van der Waals surface area contributed by atoms with E-state index in [0.717, 1.165) is 5.56 Å². The lowest BCUT2D eigenvalue weighted by atomic mass is 10.2. The van der Waals surface area contributed by atoms with Crippen LogP contribution in [0.1, 0.15) is 35.1 Å². The van der Waals surface area contributed by atoms with Gasteiger partial charge in [0.05, 0.1) is 11.5 Å². The van der Waals surface area contributed by atoms with E-state index in [-0.39, 0.29) is 29.1 Å². The molecule has 1 aliphatic heterocycles. The Balaban J connectivity index is 1.76. The van der Waals surface area contributed by atoms with Crippen molar-refractivity contribution in [2.45, 2.75) is 32.9 Å². The first-order valence-electron chi connectivity index (χ1n) is 9.03. The summed E-state index contributed by atoms with van der Waals surface area (Å²) in [5.41, 5.74) is 2.05. The average molecular weight is 388 g/mol. The molecule has 3 rings (SSSR count). The maximum atomic E-state index is 13.0. The summed E-state index contributed by atoms with van der Waals surface area (Å²) >= 11 is 0. The van der Waals surface area contributed by atoms with E-state index in [4.69, 9.17) is 0 Å². The number of nitrogens with zero attached hydrogens (tertiary/aromatic N) is 3. The molecule has 1 saturated heterocycles. The Hall–Kier alpha value is -2.48. The van der Waals surface area contributed by atoms with E-state index in [1.165, 1.54) is 0 Å². The van der Waals surface area contributed by atoms with Gasteiger partial charge in [-0.25, -0.2) is 18.4 Å². The third kappa shape index (κ3) is 4.82. The van der Waals surface area contributed by atoms with Crippen molar-refractivity contribution in [1.82, 2.24) is 14.9 Å². The van der Waals surface area contributed by atoms with Crippen molar-refractivity contribution >= 4 is 21.7 Å². The van der Waals surface area contributed by atoms with E-state index < -0.39 is 9.84 Å². The minimum absolute atomic E-state index is 0.0236. The Kier molecular flexibility index (Phi) is 5.74. The van der Waals surface area contributed by atoms with Gasteiger partial charge in [0, 0.05) is 24.8 Å². The summed E-state index contributed by atoms with van der Waals surface area (Å²) in [7, 11) is -3.06. The zero-order valence-corrected chi connectivity index (χ0v) is 16.4. The Labute approximate surface area is 159 Å². The second kappa shape index (κ2) is 8.04. The lowest BCUT2D eigenvalue weighted by Gasteiger charge is -2.26. The molecule has 8 heteroatoms. The predicted molar refractivity (Wildman–Crippen MR) is 104 cm³/mol. The van der Waals surface area contributed by atoms with Crippen LogP contribution in [0.5, 0.6) is 0 Å². The van der Waals surface area contributed by atoms with Crippen LogP contribution in [0, 0.1) is 6.92 Å². The molecule has 0 bridgehead atoms. The largest absolute Gasteiger partial charge is 0.350 e. The Morgan fingerprint density at radius 3 is 2.63 bits per heavy atom. The number of aryl methyl sites for hydroxylation is 1. The molecule has 27 heavy (non-hydrogen) atoms. The highest BCUT2D eigenvalue weighted by Gasteiger charge is 2.34. The molecule has 1 aromatic carbocycles. The minimum atomic E-state index is -3.06. The molecular formula is C19H24N4O3S. The molecule has 1 unspecified atom stereocenters. The second-order valence-corrected chi connectivity index (χ2v) is 8.93. The fourth-order valence-corrected chi connectivity index (χ4v) is 5.00. The van der Waals surface area contributed by atoms with Gasteiger partial charge in [0.2, 0.25) is 5.95 Å². The van der Waals surface area contributed by atoms with Crippen LogP contribution in [-0.4, -0.2) is 53.3 Å². The van der Waals surface area contributed by atoms with Gasteiger partial charge in [-0.1, -0.05) is 30.3 Å². The van der Waals surface area contributed by atoms with Crippen molar-refractivity contribution in [3.63, 3.8) is 0 Å². The highest BCUT2D eigenvalue weighted by Crippen LogP contribution is 2.20. The molecule has 0 spiro atoms. The summed E-state index contributed by atoms with van der Waals surface area (Å²) < 4.78 is 23.6. The molecule has 1 fully saturated rings. The van der Waals surface area contributed by atoms with Gasteiger partial charge in [-0.3, -0.25) is 4.79 Å². The predicted octanol–water partition coefficient (Wildman–Crippen LogP) is 2.05. The summed E-state index contributed by atoms with van der Waals surface area (Å²) in [6.07, 6.45) is 0.477. The SMILES string of the molecule is CCN(C(=O)c1cc(C)nc(NCc2ccccc2)n1)C1CCS(=O)(=O)C1. The quantitative estimate of drug-likeness (QED) is 0.814. The summed E-state index contributed by atoms with van der Waals surface area (Å²) in [5.74, 6) is 0.286. The van der Waals surface area contributed by atoms with Gasteiger partial charge in [0.15, 0.2) is 9.84 Å². The first kappa shape index (κ1) is 19.3. The Morgan fingerprint density at radius 1 is 1.26 bits per heavy atom. The molecule has 0 radical (unpaired) electrons. The van der Waals surface area contributed by atoms with E-state index in [2.05, 4.69) is 15.3 Å². The highest BCUT2D eigenvalue weighted by atomic mass is 32.2. The molecule has 1 amide bonds. The van der Waals surface area contributed by atoms with E-state index in [1.807, 2.05) is 44.2 Å². The fraction of sp³-hybridized carbons (Fsp3) is 0.421. The number of hydrogen-bond acceptors (Lipinski definition) is 6. The molecular weight excluding hydrogens is 364 g/mol. The highest BCUT2D eigenvalue weighted by molar-refractivity contribution is 7.91. The van der Waals surface area contributed by atoms with Crippen molar-refractivity contribution in [1.29, 1.82) is 0 Å². The van der Waals surface area contributed by atoms with Gasteiger partial charge < -0.3 is 10.2 Å². The summed E-state index contributed by atoms with van der Waals surface area (Å²) in [6, 6.07) is 11.2. The summed E-state index contributed by atoms with van der Waals surface area (Å²) in [5, 5.41) is 3.15. The van der Waals surface area contributed by atoms with Gasteiger partial charge in [0.25, 0.3) is 5.91 Å². The minimum Gasteiger partial charge on any atom is -0.350 e. The molecule has 0 saturated carbocycles. The third-order valence-corrected chi connectivity index (χ3v) is 6.37. The van der Waals surface area contributed by atoms with Gasteiger partial charge in [-0.2, -0.15) is 0 Å². The lowest BCUT2D eigenvalue weighted by Crippen LogP contribution is -2.41. The zero-order valence-electron chi connectivity index (χ0n) is 15.6. The van der Waals surface area contributed by atoms with Crippen LogP contribution in [0.15, 0.2) is 36.4 Å². The molecule has 7 nitrogen and oxygen atoms in total. The molecule has 1 N–H and O–H groups in total. The lowest BCUT2D eigenvalue weighted by molar-refractivity contribution is 0.0702. The second-order valence-electron chi connectivity index (χ2n) is 6.71. The van der Waals surface area contributed by atoms with Crippen LogP contribution >= 0.6 is 0 Å². The number of amides is 1.